The van der Waals surface area contributed by atoms with Crippen molar-refractivity contribution in [1.29, 1.82) is 0 Å². The van der Waals surface area contributed by atoms with E-state index in [2.05, 4.69) is 5.32 Å². The van der Waals surface area contributed by atoms with Crippen molar-refractivity contribution in [2.45, 2.75) is 31.2 Å². The fourth-order valence-corrected chi connectivity index (χ4v) is 5.88. The molecule has 12 nitrogen and oxygen atoms in total. The number of halogens is 1. The van der Waals surface area contributed by atoms with E-state index in [1.807, 2.05) is 22.6 Å². The Bertz CT molecular complexity index is 1800. The predicted octanol–water partition coefficient (Wildman–Crippen LogP) is 3.07. The summed E-state index contributed by atoms with van der Waals surface area (Å²) in [5, 5.41) is 24.2. The van der Waals surface area contributed by atoms with Crippen LogP contribution in [-0.2, 0) is 11.3 Å². The molecule has 0 aliphatic heterocycles. The number of carbonyl (C=O) groups is 3. The molecule has 1 aliphatic rings. The maximum atomic E-state index is 14.2. The minimum atomic E-state index is -1.41. The Morgan fingerprint density at radius 1 is 1.20 bits per heavy atom. The van der Waals surface area contributed by atoms with Crippen molar-refractivity contribution in [3.05, 3.63) is 103 Å². The minimum absolute atomic E-state index is 0.0242. The molecule has 45 heavy (non-hydrogen) atoms. The lowest BCUT2D eigenvalue weighted by atomic mass is 9.87. The molecule has 0 bridgehead atoms. The first-order valence-corrected chi connectivity index (χ1v) is 14.9. The van der Waals surface area contributed by atoms with Crippen LogP contribution in [0.5, 0.6) is 11.5 Å². The Hall–Kier alpha value is -4.47. The van der Waals surface area contributed by atoms with E-state index in [-0.39, 0.29) is 48.8 Å². The lowest BCUT2D eigenvalue weighted by Gasteiger charge is -2.40. The van der Waals surface area contributed by atoms with Gasteiger partial charge in [0.1, 0.15) is 29.6 Å². The van der Waals surface area contributed by atoms with E-state index in [9.17, 15) is 29.4 Å². The maximum absolute atomic E-state index is 14.2. The Kier molecular flexibility index (Phi) is 10.0. The molecule has 2 heterocycles. The Morgan fingerprint density at radius 3 is 2.71 bits per heavy atom. The number of para-hydroxylation sites is 1. The van der Waals surface area contributed by atoms with Crippen molar-refractivity contribution < 1.29 is 42.9 Å². The van der Waals surface area contributed by atoms with Crippen LogP contribution < -0.4 is 20.4 Å². The second-order valence-electron chi connectivity index (χ2n) is 10.2. The van der Waals surface area contributed by atoms with Gasteiger partial charge in [0.2, 0.25) is 5.91 Å². The normalized spacial score (nSPS) is 17.8. The van der Waals surface area contributed by atoms with E-state index in [0.29, 0.717) is 32.0 Å². The number of benzene rings is 2. The van der Waals surface area contributed by atoms with Gasteiger partial charge in [0.25, 0.3) is 5.91 Å². The van der Waals surface area contributed by atoms with Crippen molar-refractivity contribution in [1.82, 2.24) is 10.2 Å². The van der Waals surface area contributed by atoms with Crippen LogP contribution in [0, 0.1) is 3.57 Å². The van der Waals surface area contributed by atoms with Crippen LogP contribution in [0.3, 0.4) is 0 Å². The van der Waals surface area contributed by atoms with Gasteiger partial charge in [0, 0.05) is 41.6 Å². The van der Waals surface area contributed by atoms with Crippen LogP contribution in [-0.4, -0.2) is 71.7 Å². The van der Waals surface area contributed by atoms with Crippen LogP contribution >= 0.6 is 22.6 Å². The highest BCUT2D eigenvalue weighted by atomic mass is 127. The quantitative estimate of drug-likeness (QED) is 0.119. The second kappa shape index (κ2) is 14.1. The minimum Gasteiger partial charge on any atom is -0.493 e. The summed E-state index contributed by atoms with van der Waals surface area (Å²) in [4.78, 5) is 53.1. The van der Waals surface area contributed by atoms with E-state index in [0.717, 1.165) is 0 Å². The molecular weight excluding hydrogens is 699 g/mol. The molecule has 2 aromatic heterocycles. The van der Waals surface area contributed by atoms with Crippen LogP contribution in [0.1, 0.15) is 32.7 Å². The highest BCUT2D eigenvalue weighted by Gasteiger charge is 2.42. The first-order valence-electron chi connectivity index (χ1n) is 13.9. The Labute approximate surface area is 270 Å². The summed E-state index contributed by atoms with van der Waals surface area (Å²) in [5.41, 5.74) is 0.277. The van der Waals surface area contributed by atoms with Crippen molar-refractivity contribution in [2.24, 2.45) is 0 Å². The standard InChI is InChI=1S/C32H29IN2O10/c1-42-27-11-19(16-37)10-23(33)29(27)44-26-14-21(30(39)34-7-8-36)13-24(28(26)38)35(15-18-6-9-43-17-18)31(40)22-12-20-4-2-3-5-25(20)45-32(22)41/h2-6,9-12,14,16-17,24,26,28,36,38H,7-8,13,15H2,1H3,(H,34,39)/t24-,26+,28+/m1/s1. The summed E-state index contributed by atoms with van der Waals surface area (Å²) in [7, 11) is 1.40. The lowest BCUT2D eigenvalue weighted by molar-refractivity contribution is -0.118. The number of nitrogens with one attached hydrogen (secondary N) is 1. The number of fused-ring (bicyclic) bond motifs is 1. The van der Waals surface area contributed by atoms with Crippen LogP contribution in [0.15, 0.2) is 86.3 Å². The molecule has 13 heteroatoms. The fraction of sp³-hybridized carbons (Fsp3) is 0.250. The lowest BCUT2D eigenvalue weighted by Crippen LogP contribution is -2.55. The summed E-state index contributed by atoms with van der Waals surface area (Å²) >= 11 is 1.97. The van der Waals surface area contributed by atoms with Gasteiger partial charge >= 0.3 is 5.63 Å². The molecule has 2 aromatic carbocycles. The summed E-state index contributed by atoms with van der Waals surface area (Å²) in [5.74, 6) is -0.841. The zero-order valence-electron chi connectivity index (χ0n) is 24.0. The van der Waals surface area contributed by atoms with Gasteiger partial charge in [0.05, 0.1) is 35.9 Å². The number of hydrogen-bond acceptors (Lipinski definition) is 10. The van der Waals surface area contributed by atoms with Crippen molar-refractivity contribution >= 4 is 51.7 Å². The molecule has 4 aromatic rings. The summed E-state index contributed by atoms with van der Waals surface area (Å²) in [6.45, 7) is -0.410. The number of aldehydes is 1. The average Bonchev–Trinajstić information content (AvgIpc) is 3.57. The zero-order chi connectivity index (χ0) is 32.1. The van der Waals surface area contributed by atoms with Gasteiger partial charge in [-0.1, -0.05) is 18.2 Å². The molecule has 234 valence electrons. The highest BCUT2D eigenvalue weighted by Crippen LogP contribution is 2.37. The third kappa shape index (κ3) is 6.95. The number of rotatable bonds is 11. The predicted molar refractivity (Wildman–Crippen MR) is 169 cm³/mol. The zero-order valence-corrected chi connectivity index (χ0v) is 26.1. The number of methoxy groups -OCH3 is 1. The number of hydrogen-bond donors (Lipinski definition) is 3. The van der Waals surface area contributed by atoms with E-state index >= 15 is 0 Å². The van der Waals surface area contributed by atoms with Gasteiger partial charge in [0.15, 0.2) is 11.5 Å². The molecule has 0 radical (unpaired) electrons. The van der Waals surface area contributed by atoms with E-state index in [1.54, 1.807) is 36.4 Å². The number of amides is 2. The van der Waals surface area contributed by atoms with Crippen molar-refractivity contribution in [3.8, 4) is 11.5 Å². The number of aliphatic hydroxyl groups excluding tert-OH is 2. The first-order chi connectivity index (χ1) is 21.7. The highest BCUT2D eigenvalue weighted by molar-refractivity contribution is 14.1. The van der Waals surface area contributed by atoms with Crippen LogP contribution in [0.4, 0.5) is 0 Å². The summed E-state index contributed by atoms with van der Waals surface area (Å²) < 4.78 is 22.8. The summed E-state index contributed by atoms with van der Waals surface area (Å²) in [6.07, 6.45) is 2.26. The topological polar surface area (TPSA) is 169 Å². The molecule has 0 unspecified atom stereocenters. The number of carbonyl (C=O) groups excluding carboxylic acids is 3. The Morgan fingerprint density at radius 2 is 2.00 bits per heavy atom. The van der Waals surface area contributed by atoms with Crippen LogP contribution in [0.2, 0.25) is 0 Å². The van der Waals surface area contributed by atoms with Gasteiger partial charge in [-0.25, -0.2) is 4.79 Å². The molecular formula is C32H29IN2O10. The first kappa shape index (κ1) is 31.9. The molecule has 5 rings (SSSR count). The SMILES string of the molecule is COc1cc(C=O)cc(I)c1O[C@H]1C=C(C(=O)NCCO)C[C@@H](N(Cc2ccoc2)C(=O)c2cc3ccccc3oc2=O)[C@@H]1O. The molecule has 2 amide bonds. The summed E-state index contributed by atoms with van der Waals surface area (Å²) in [6, 6.07) is 11.8. The average molecular weight is 728 g/mol. The monoisotopic (exact) mass is 728 g/mol. The molecule has 0 spiro atoms. The van der Waals surface area contributed by atoms with E-state index in [4.69, 9.17) is 18.3 Å². The third-order valence-electron chi connectivity index (χ3n) is 7.32. The van der Waals surface area contributed by atoms with Gasteiger partial charge in [-0.15, -0.1) is 0 Å². The van der Waals surface area contributed by atoms with Crippen molar-refractivity contribution in [2.75, 3.05) is 20.3 Å². The van der Waals surface area contributed by atoms with E-state index < -0.39 is 35.7 Å². The number of ether oxygens (including phenoxy) is 2. The van der Waals surface area contributed by atoms with Gasteiger partial charge in [-0.2, -0.15) is 0 Å². The van der Waals surface area contributed by atoms with E-state index in [1.165, 1.54) is 42.7 Å². The third-order valence-corrected chi connectivity index (χ3v) is 8.12. The van der Waals surface area contributed by atoms with Gasteiger partial charge < -0.3 is 38.7 Å². The second-order valence-corrected chi connectivity index (χ2v) is 11.4. The van der Waals surface area contributed by atoms with Crippen molar-refractivity contribution in [3.63, 3.8) is 0 Å². The Balaban J connectivity index is 1.58. The number of aliphatic hydroxyl groups is 2. The molecule has 1 aliphatic carbocycles. The van der Waals surface area contributed by atoms with Crippen LogP contribution in [0.25, 0.3) is 11.0 Å². The molecule has 0 saturated heterocycles. The van der Waals surface area contributed by atoms with Gasteiger partial charge in [-0.05, 0) is 59.0 Å². The molecule has 3 atom stereocenters. The number of furan rings is 1. The smallest absolute Gasteiger partial charge is 0.349 e. The molecule has 0 fully saturated rings. The molecule has 0 saturated carbocycles. The number of nitrogens with zero attached hydrogens (tertiary/aromatic N) is 1. The van der Waals surface area contributed by atoms with Gasteiger partial charge in [-0.3, -0.25) is 14.4 Å². The largest absolute Gasteiger partial charge is 0.493 e. The molecule has 3 N–H and O–H groups in total. The maximum Gasteiger partial charge on any atom is 0.349 e. The fourth-order valence-electron chi connectivity index (χ4n) is 5.12.